The number of pyridine rings is 1. The number of aromatic nitrogens is 3. The van der Waals surface area contributed by atoms with Crippen molar-refractivity contribution in [3.8, 4) is 0 Å². The summed E-state index contributed by atoms with van der Waals surface area (Å²) in [5, 5.41) is 12.2. The standard InChI is InChI=1S/C25H33N5O/c1-17(18-7-5-4-6-8-18)13-22(31)14-20-15-24-23(16-26-20)25(29-28-24)27-19-9-11-21(12-10-19)30(2)3/h4-8,15-17,19,21H,9-14H2,1-3H3,(H2,27,28,29)/t17-,19?,21?/m0/s1. The van der Waals surface area contributed by atoms with E-state index in [-0.39, 0.29) is 11.7 Å². The van der Waals surface area contributed by atoms with Gasteiger partial charge in [0.1, 0.15) is 5.78 Å². The summed E-state index contributed by atoms with van der Waals surface area (Å²) in [6.45, 7) is 2.10. The zero-order valence-corrected chi connectivity index (χ0v) is 18.8. The highest BCUT2D eigenvalue weighted by molar-refractivity contribution is 5.90. The third kappa shape index (κ3) is 5.31. The fourth-order valence-corrected chi connectivity index (χ4v) is 4.61. The summed E-state index contributed by atoms with van der Waals surface area (Å²) in [5.74, 6) is 1.29. The van der Waals surface area contributed by atoms with E-state index in [1.54, 1.807) is 0 Å². The molecule has 0 amide bonds. The number of Topliss-reactive ketones (excluding diaryl/α,β-unsaturated/α-hetero) is 1. The molecule has 2 N–H and O–H groups in total. The molecule has 0 spiro atoms. The maximum Gasteiger partial charge on any atom is 0.157 e. The van der Waals surface area contributed by atoms with Crippen molar-refractivity contribution in [2.24, 2.45) is 0 Å². The van der Waals surface area contributed by atoms with Crippen LogP contribution < -0.4 is 5.32 Å². The lowest BCUT2D eigenvalue weighted by molar-refractivity contribution is -0.118. The van der Waals surface area contributed by atoms with E-state index in [0.717, 1.165) is 35.3 Å². The number of hydrogen-bond donors (Lipinski definition) is 2. The van der Waals surface area contributed by atoms with E-state index in [4.69, 9.17) is 0 Å². The van der Waals surface area contributed by atoms with E-state index in [1.807, 2.05) is 30.5 Å². The van der Waals surface area contributed by atoms with Gasteiger partial charge in [-0.1, -0.05) is 37.3 Å². The number of fused-ring (bicyclic) bond motifs is 1. The smallest absolute Gasteiger partial charge is 0.157 e. The highest BCUT2D eigenvalue weighted by atomic mass is 16.1. The van der Waals surface area contributed by atoms with Gasteiger partial charge >= 0.3 is 0 Å². The van der Waals surface area contributed by atoms with Crippen LogP contribution in [0.3, 0.4) is 0 Å². The zero-order valence-electron chi connectivity index (χ0n) is 18.8. The molecule has 1 aromatic carbocycles. The minimum absolute atomic E-state index is 0.207. The summed E-state index contributed by atoms with van der Waals surface area (Å²) in [4.78, 5) is 19.5. The first-order chi connectivity index (χ1) is 15.0. The number of nitrogens with zero attached hydrogens (tertiary/aromatic N) is 3. The number of benzene rings is 1. The molecule has 6 nitrogen and oxygen atoms in total. The van der Waals surface area contributed by atoms with Crippen LogP contribution in [0.5, 0.6) is 0 Å². The SMILES string of the molecule is C[C@@H](CC(=O)Cc1cc2[nH]nc(NC3CCC(N(C)C)CC3)c2cn1)c1ccccc1. The molecule has 2 aromatic heterocycles. The van der Waals surface area contributed by atoms with E-state index >= 15 is 0 Å². The highest BCUT2D eigenvalue weighted by Gasteiger charge is 2.23. The number of ketones is 1. The molecule has 164 valence electrons. The molecule has 2 heterocycles. The van der Waals surface area contributed by atoms with Crippen molar-refractivity contribution >= 4 is 22.5 Å². The summed E-state index contributed by atoms with van der Waals surface area (Å²) < 4.78 is 0. The zero-order chi connectivity index (χ0) is 21.8. The molecule has 1 aliphatic rings. The van der Waals surface area contributed by atoms with Crippen molar-refractivity contribution in [3.05, 3.63) is 53.9 Å². The quantitative estimate of drug-likeness (QED) is 0.560. The van der Waals surface area contributed by atoms with Gasteiger partial charge in [-0.25, -0.2) is 0 Å². The maximum absolute atomic E-state index is 12.6. The third-order valence-corrected chi connectivity index (χ3v) is 6.55. The molecule has 0 bridgehead atoms. The maximum atomic E-state index is 12.6. The number of carbonyl (C=O) groups excluding carboxylic acids is 1. The fraction of sp³-hybridized carbons (Fsp3) is 0.480. The van der Waals surface area contributed by atoms with E-state index in [1.165, 1.54) is 18.4 Å². The first-order valence-electron chi connectivity index (χ1n) is 11.3. The molecule has 0 aliphatic heterocycles. The van der Waals surface area contributed by atoms with Gasteiger partial charge in [0.25, 0.3) is 0 Å². The second-order valence-electron chi connectivity index (χ2n) is 9.14. The van der Waals surface area contributed by atoms with Gasteiger partial charge < -0.3 is 10.2 Å². The van der Waals surface area contributed by atoms with Crippen molar-refractivity contribution in [2.75, 3.05) is 19.4 Å². The Morgan fingerprint density at radius 1 is 1.19 bits per heavy atom. The van der Waals surface area contributed by atoms with Gasteiger partial charge in [0.05, 0.1) is 10.9 Å². The summed E-state index contributed by atoms with van der Waals surface area (Å²) >= 11 is 0. The molecule has 6 heteroatoms. The van der Waals surface area contributed by atoms with Crippen LogP contribution in [-0.2, 0) is 11.2 Å². The van der Waals surface area contributed by atoms with Crippen molar-refractivity contribution in [2.45, 2.75) is 63.5 Å². The van der Waals surface area contributed by atoms with Crippen LogP contribution in [0.25, 0.3) is 10.9 Å². The predicted octanol–water partition coefficient (Wildman–Crippen LogP) is 4.55. The lowest BCUT2D eigenvalue weighted by Crippen LogP contribution is -2.36. The predicted molar refractivity (Wildman–Crippen MR) is 125 cm³/mol. The number of carbonyl (C=O) groups is 1. The third-order valence-electron chi connectivity index (χ3n) is 6.55. The normalized spacial score (nSPS) is 20.1. The molecular weight excluding hydrogens is 386 g/mol. The van der Waals surface area contributed by atoms with Gasteiger partial charge in [-0.15, -0.1) is 0 Å². The number of hydrogen-bond acceptors (Lipinski definition) is 5. The van der Waals surface area contributed by atoms with E-state index < -0.39 is 0 Å². The van der Waals surface area contributed by atoms with E-state index in [9.17, 15) is 4.79 Å². The largest absolute Gasteiger partial charge is 0.365 e. The first kappa shape index (κ1) is 21.5. The van der Waals surface area contributed by atoms with Crippen molar-refractivity contribution < 1.29 is 4.79 Å². The number of anilines is 1. The summed E-state index contributed by atoms with van der Waals surface area (Å²) in [7, 11) is 4.33. The Balaban J connectivity index is 1.35. The minimum atomic E-state index is 0.207. The summed E-state index contributed by atoms with van der Waals surface area (Å²) in [6.07, 6.45) is 7.43. The van der Waals surface area contributed by atoms with Crippen LogP contribution in [0.4, 0.5) is 5.82 Å². The van der Waals surface area contributed by atoms with Gasteiger partial charge in [-0.3, -0.25) is 14.9 Å². The molecule has 1 fully saturated rings. The van der Waals surface area contributed by atoms with Gasteiger partial charge in [0, 0.05) is 36.8 Å². The van der Waals surface area contributed by atoms with Crippen LogP contribution in [0.2, 0.25) is 0 Å². The average Bonchev–Trinajstić information content (AvgIpc) is 3.16. The summed E-state index contributed by atoms with van der Waals surface area (Å²) in [5.41, 5.74) is 2.92. The van der Waals surface area contributed by atoms with Gasteiger partial charge in [0.2, 0.25) is 0 Å². The van der Waals surface area contributed by atoms with Crippen molar-refractivity contribution in [3.63, 3.8) is 0 Å². The lowest BCUT2D eigenvalue weighted by Gasteiger charge is -2.33. The molecular formula is C25H33N5O. The topological polar surface area (TPSA) is 73.9 Å². The number of rotatable bonds is 8. The number of aromatic amines is 1. The molecule has 1 aliphatic carbocycles. The Bertz CT molecular complexity index is 1010. The van der Waals surface area contributed by atoms with Gasteiger partial charge in [0.15, 0.2) is 5.82 Å². The van der Waals surface area contributed by atoms with Crippen LogP contribution >= 0.6 is 0 Å². The highest BCUT2D eigenvalue weighted by Crippen LogP contribution is 2.27. The lowest BCUT2D eigenvalue weighted by atomic mass is 9.90. The second-order valence-corrected chi connectivity index (χ2v) is 9.14. The van der Waals surface area contributed by atoms with Gasteiger partial charge in [-0.05, 0) is 57.3 Å². The molecule has 31 heavy (non-hydrogen) atoms. The number of nitrogens with one attached hydrogen (secondary N) is 2. The van der Waals surface area contributed by atoms with Crippen molar-refractivity contribution in [1.29, 1.82) is 0 Å². The molecule has 1 saturated carbocycles. The van der Waals surface area contributed by atoms with Crippen molar-refractivity contribution in [1.82, 2.24) is 20.1 Å². The van der Waals surface area contributed by atoms with Crippen LogP contribution in [-0.4, -0.2) is 52.0 Å². The monoisotopic (exact) mass is 419 g/mol. The Labute approximate surface area is 184 Å². The van der Waals surface area contributed by atoms with Crippen LogP contribution in [0, 0.1) is 0 Å². The van der Waals surface area contributed by atoms with E-state index in [2.05, 4.69) is 58.5 Å². The molecule has 3 aromatic rings. The fourth-order valence-electron chi connectivity index (χ4n) is 4.61. The second kappa shape index (κ2) is 9.60. The van der Waals surface area contributed by atoms with Crippen LogP contribution in [0.15, 0.2) is 42.6 Å². The molecule has 1 atom stereocenters. The Morgan fingerprint density at radius 2 is 1.94 bits per heavy atom. The molecule has 0 saturated heterocycles. The van der Waals surface area contributed by atoms with Crippen LogP contribution in [0.1, 0.15) is 56.2 Å². The Morgan fingerprint density at radius 3 is 2.65 bits per heavy atom. The minimum Gasteiger partial charge on any atom is -0.365 e. The first-order valence-corrected chi connectivity index (χ1v) is 11.3. The summed E-state index contributed by atoms with van der Waals surface area (Å²) in [6, 6.07) is 13.3. The molecule has 0 radical (unpaired) electrons. The average molecular weight is 420 g/mol. The number of H-pyrrole nitrogens is 1. The molecule has 0 unspecified atom stereocenters. The Hall–Kier alpha value is -2.73. The van der Waals surface area contributed by atoms with E-state index in [0.29, 0.717) is 24.9 Å². The molecule has 4 rings (SSSR count). The van der Waals surface area contributed by atoms with Gasteiger partial charge in [-0.2, -0.15) is 5.10 Å². The Kier molecular flexibility index (Phi) is 6.66.